The summed E-state index contributed by atoms with van der Waals surface area (Å²) in [5.41, 5.74) is 6.77. The van der Waals surface area contributed by atoms with Crippen LogP contribution in [0.5, 0.6) is 0 Å². The minimum absolute atomic E-state index is 0.0672. The summed E-state index contributed by atoms with van der Waals surface area (Å²) in [7, 11) is 0. The number of halogens is 2. The lowest BCUT2D eigenvalue weighted by Crippen LogP contribution is -2.23. The zero-order chi connectivity index (χ0) is 26.7. The van der Waals surface area contributed by atoms with E-state index in [2.05, 4.69) is 19.9 Å². The van der Waals surface area contributed by atoms with Crippen molar-refractivity contribution >= 4 is 16.8 Å². The number of carbonyl (C=O) groups is 1. The van der Waals surface area contributed by atoms with Gasteiger partial charge in [0.2, 0.25) is 0 Å². The second-order valence-corrected chi connectivity index (χ2v) is 9.65. The molecule has 9 nitrogen and oxygen atoms in total. The molecule has 1 aliphatic rings. The molecule has 0 amide bonds. The van der Waals surface area contributed by atoms with Gasteiger partial charge in [0.1, 0.15) is 18.1 Å². The predicted octanol–water partition coefficient (Wildman–Crippen LogP) is 3.61. The standard InChI is InChI=1S/C27H35F2N5O4/c28-20-13-22-23(15-32-26(22)31-14-20)27-33-16-24(29)25(34-27)12-19-3-1-2-18(10-19)11-21(35)17-38-9-8-37-7-6-36-5-4-30/h13-16,18-19H,1-12,17,30H2,(H,31,32)/t18-,19+/m1/s1. The van der Waals surface area contributed by atoms with E-state index in [0.717, 1.165) is 31.9 Å². The molecule has 206 valence electrons. The molecule has 1 saturated carbocycles. The fraction of sp³-hybridized carbons (Fsp3) is 0.556. The zero-order valence-corrected chi connectivity index (χ0v) is 21.5. The number of pyridine rings is 1. The first kappa shape index (κ1) is 28.2. The van der Waals surface area contributed by atoms with Gasteiger partial charge in [-0.25, -0.2) is 23.7 Å². The molecular weight excluding hydrogens is 496 g/mol. The average Bonchev–Trinajstić information content (AvgIpc) is 3.32. The van der Waals surface area contributed by atoms with E-state index in [4.69, 9.17) is 19.9 Å². The molecule has 0 spiro atoms. The molecule has 1 aliphatic carbocycles. The van der Waals surface area contributed by atoms with Crippen molar-refractivity contribution in [3.05, 3.63) is 42.0 Å². The van der Waals surface area contributed by atoms with Crippen LogP contribution in [-0.2, 0) is 25.4 Å². The maximum absolute atomic E-state index is 14.7. The highest BCUT2D eigenvalue weighted by Crippen LogP contribution is 2.34. The van der Waals surface area contributed by atoms with Crippen molar-refractivity contribution in [2.75, 3.05) is 46.2 Å². The van der Waals surface area contributed by atoms with E-state index in [1.165, 1.54) is 12.3 Å². The molecular formula is C27H35F2N5O4. The van der Waals surface area contributed by atoms with Crippen molar-refractivity contribution in [1.82, 2.24) is 19.9 Å². The van der Waals surface area contributed by atoms with E-state index in [9.17, 15) is 13.6 Å². The van der Waals surface area contributed by atoms with Gasteiger partial charge in [0.05, 0.1) is 51.1 Å². The monoisotopic (exact) mass is 531 g/mol. The van der Waals surface area contributed by atoms with Crippen molar-refractivity contribution in [2.45, 2.75) is 38.5 Å². The number of aromatic amines is 1. The topological polar surface area (TPSA) is 125 Å². The van der Waals surface area contributed by atoms with E-state index in [1.807, 2.05) is 0 Å². The van der Waals surface area contributed by atoms with Crippen LogP contribution >= 0.6 is 0 Å². The molecule has 0 aliphatic heterocycles. The molecule has 11 heteroatoms. The van der Waals surface area contributed by atoms with Gasteiger partial charge in [-0.2, -0.15) is 0 Å². The summed E-state index contributed by atoms with van der Waals surface area (Å²) in [6.07, 6.45) is 8.61. The molecule has 3 N–H and O–H groups in total. The second kappa shape index (κ2) is 14.3. The van der Waals surface area contributed by atoms with Crippen LogP contribution in [0.4, 0.5) is 8.78 Å². The summed E-state index contributed by atoms with van der Waals surface area (Å²) >= 11 is 0. The molecule has 38 heavy (non-hydrogen) atoms. The Morgan fingerprint density at radius 3 is 2.61 bits per heavy atom. The zero-order valence-electron chi connectivity index (χ0n) is 21.5. The summed E-state index contributed by atoms with van der Waals surface area (Å²) in [6, 6.07) is 1.36. The highest BCUT2D eigenvalue weighted by Gasteiger charge is 2.26. The van der Waals surface area contributed by atoms with E-state index >= 15 is 0 Å². The molecule has 0 radical (unpaired) electrons. The van der Waals surface area contributed by atoms with Gasteiger partial charge in [-0.1, -0.05) is 19.3 Å². The number of ether oxygens (including phenoxy) is 3. The quantitative estimate of drug-likeness (QED) is 0.285. The van der Waals surface area contributed by atoms with Gasteiger partial charge in [0, 0.05) is 30.1 Å². The number of H-pyrrole nitrogens is 1. The lowest BCUT2D eigenvalue weighted by atomic mass is 9.77. The summed E-state index contributed by atoms with van der Waals surface area (Å²) in [6.45, 7) is 2.77. The SMILES string of the molecule is NCCOCCOCCOCC(=O)C[C@@H]1CCC[C@H](Cc2nc(-c3c[nH]c4ncc(F)cc34)ncc2F)C1. The Kier molecular flexibility index (Phi) is 10.6. The van der Waals surface area contributed by atoms with Crippen molar-refractivity contribution in [1.29, 1.82) is 0 Å². The number of nitrogens with two attached hydrogens (primary N) is 1. The first-order valence-corrected chi connectivity index (χ1v) is 13.1. The first-order valence-electron chi connectivity index (χ1n) is 13.1. The molecule has 3 aromatic rings. The van der Waals surface area contributed by atoms with Gasteiger partial charge in [0.25, 0.3) is 0 Å². The number of aromatic nitrogens is 4. The van der Waals surface area contributed by atoms with E-state index < -0.39 is 11.6 Å². The van der Waals surface area contributed by atoms with Crippen molar-refractivity contribution in [3.8, 4) is 11.4 Å². The molecule has 0 unspecified atom stereocenters. The van der Waals surface area contributed by atoms with E-state index in [1.54, 1.807) is 6.20 Å². The maximum atomic E-state index is 14.7. The Balaban J connectivity index is 1.24. The fourth-order valence-corrected chi connectivity index (χ4v) is 4.97. The minimum Gasteiger partial charge on any atom is -0.378 e. The number of carbonyl (C=O) groups excluding carboxylic acids is 1. The van der Waals surface area contributed by atoms with Gasteiger partial charge < -0.3 is 24.9 Å². The Labute approximate surface area is 220 Å². The predicted molar refractivity (Wildman–Crippen MR) is 137 cm³/mol. The molecule has 2 atom stereocenters. The normalized spacial score (nSPS) is 17.8. The van der Waals surface area contributed by atoms with Crippen LogP contribution in [0.2, 0.25) is 0 Å². The summed E-state index contributed by atoms with van der Waals surface area (Å²) in [4.78, 5) is 28.1. The Morgan fingerprint density at radius 1 is 1.03 bits per heavy atom. The summed E-state index contributed by atoms with van der Waals surface area (Å²) < 4.78 is 44.5. The minimum atomic E-state index is -0.466. The first-order chi connectivity index (χ1) is 18.5. The number of hydrogen-bond acceptors (Lipinski definition) is 8. The van der Waals surface area contributed by atoms with Gasteiger partial charge in [-0.3, -0.25) is 4.79 Å². The average molecular weight is 532 g/mol. The van der Waals surface area contributed by atoms with Crippen molar-refractivity contribution in [3.63, 3.8) is 0 Å². The van der Waals surface area contributed by atoms with Crippen molar-refractivity contribution in [2.24, 2.45) is 17.6 Å². The fourth-order valence-electron chi connectivity index (χ4n) is 4.97. The third-order valence-electron chi connectivity index (χ3n) is 6.71. The molecule has 4 rings (SSSR count). The van der Waals surface area contributed by atoms with E-state index in [0.29, 0.717) is 80.5 Å². The van der Waals surface area contributed by atoms with Crippen LogP contribution < -0.4 is 5.73 Å². The Bertz CT molecular complexity index is 1190. The molecule has 1 fully saturated rings. The lowest BCUT2D eigenvalue weighted by molar-refractivity contribution is -0.125. The highest BCUT2D eigenvalue weighted by atomic mass is 19.1. The Morgan fingerprint density at radius 2 is 1.79 bits per heavy atom. The summed E-state index contributed by atoms with van der Waals surface area (Å²) in [5, 5.41) is 0.545. The third kappa shape index (κ3) is 8.07. The number of fused-ring (bicyclic) bond motifs is 1. The van der Waals surface area contributed by atoms with Gasteiger partial charge in [-0.15, -0.1) is 0 Å². The third-order valence-corrected chi connectivity index (χ3v) is 6.71. The van der Waals surface area contributed by atoms with Crippen LogP contribution in [0.25, 0.3) is 22.4 Å². The van der Waals surface area contributed by atoms with Crippen LogP contribution in [0.1, 0.15) is 37.8 Å². The number of nitrogens with one attached hydrogen (secondary N) is 1. The molecule has 0 aromatic carbocycles. The Hall–Kier alpha value is -2.86. The highest BCUT2D eigenvalue weighted by molar-refractivity contribution is 5.91. The van der Waals surface area contributed by atoms with Gasteiger partial charge in [-0.05, 0) is 30.7 Å². The molecule has 3 heterocycles. The van der Waals surface area contributed by atoms with Crippen LogP contribution in [0.3, 0.4) is 0 Å². The van der Waals surface area contributed by atoms with Gasteiger partial charge in [0.15, 0.2) is 17.4 Å². The largest absolute Gasteiger partial charge is 0.378 e. The lowest BCUT2D eigenvalue weighted by Gasteiger charge is -2.28. The summed E-state index contributed by atoms with van der Waals surface area (Å²) in [5.74, 6) is -0.0713. The van der Waals surface area contributed by atoms with Crippen LogP contribution in [0.15, 0.2) is 24.7 Å². The molecule has 3 aromatic heterocycles. The molecule has 0 bridgehead atoms. The number of Topliss-reactive ketones (excluding diaryl/α,β-unsaturated/α-hetero) is 1. The second-order valence-electron chi connectivity index (χ2n) is 9.65. The number of ketones is 1. The number of rotatable bonds is 15. The van der Waals surface area contributed by atoms with Gasteiger partial charge >= 0.3 is 0 Å². The maximum Gasteiger partial charge on any atom is 0.163 e. The van der Waals surface area contributed by atoms with Crippen LogP contribution in [0, 0.1) is 23.5 Å². The van der Waals surface area contributed by atoms with E-state index in [-0.39, 0.29) is 24.2 Å². The smallest absolute Gasteiger partial charge is 0.163 e. The molecule has 0 saturated heterocycles. The number of nitrogens with zero attached hydrogens (tertiary/aromatic N) is 3. The van der Waals surface area contributed by atoms with Crippen LogP contribution in [-0.4, -0.2) is 71.9 Å². The van der Waals surface area contributed by atoms with Crippen molar-refractivity contribution < 1.29 is 27.8 Å². The number of hydrogen-bond donors (Lipinski definition) is 2.